The van der Waals surface area contributed by atoms with E-state index in [-0.39, 0.29) is 0 Å². The molecule has 211 valence electrons. The lowest BCUT2D eigenvalue weighted by Gasteiger charge is -2.40. The van der Waals surface area contributed by atoms with E-state index in [1.807, 2.05) is 0 Å². The highest BCUT2D eigenvalue weighted by Gasteiger charge is 2.43. The Bertz CT molecular complexity index is 490. The minimum absolute atomic E-state index is 0.426. The summed E-state index contributed by atoms with van der Waals surface area (Å²) in [6.45, 7) is 7.05. The van der Waals surface area contributed by atoms with E-state index in [0.717, 1.165) is 6.04 Å². The van der Waals surface area contributed by atoms with E-state index >= 15 is 0 Å². The number of unbranched alkanes of at least 4 members (excludes halogenated alkanes) is 15. The summed E-state index contributed by atoms with van der Waals surface area (Å²) in [5.74, 6) is 0. The van der Waals surface area contributed by atoms with Crippen molar-refractivity contribution in [3.63, 3.8) is 0 Å². The maximum absolute atomic E-state index is 10.1. The lowest BCUT2D eigenvalue weighted by Crippen LogP contribution is -2.59. The van der Waals surface area contributed by atoms with Gasteiger partial charge in [-0.05, 0) is 0 Å². The van der Waals surface area contributed by atoms with Gasteiger partial charge in [-0.25, -0.2) is 0 Å². The van der Waals surface area contributed by atoms with E-state index in [0.29, 0.717) is 6.61 Å². The fraction of sp³-hybridized carbons (Fsp3) is 1.00. The number of hydrogen-bond acceptors (Lipinski definition) is 6. The molecule has 0 aromatic heterocycles. The highest BCUT2D eigenvalue weighted by atomic mass is 28.3. The minimum atomic E-state index is -1.40. The molecule has 0 aromatic rings. The van der Waals surface area contributed by atoms with E-state index in [9.17, 15) is 20.4 Å². The molecule has 1 aliphatic heterocycles. The molecule has 1 aliphatic rings. The van der Waals surface area contributed by atoms with Crippen molar-refractivity contribution in [2.24, 2.45) is 0 Å². The first-order valence-electron chi connectivity index (χ1n) is 14.7. The van der Waals surface area contributed by atoms with Gasteiger partial charge in [0.05, 0.1) is 6.61 Å². The first-order valence-corrected chi connectivity index (χ1v) is 18.2. The molecule has 0 aliphatic carbocycles. The van der Waals surface area contributed by atoms with Gasteiger partial charge in [0.15, 0.2) is 6.29 Å². The predicted molar refractivity (Wildman–Crippen MR) is 146 cm³/mol. The van der Waals surface area contributed by atoms with E-state index in [1.165, 1.54) is 109 Å². The van der Waals surface area contributed by atoms with E-state index < -0.39 is 45.4 Å². The fourth-order valence-corrected chi connectivity index (χ4v) is 7.06. The van der Waals surface area contributed by atoms with Gasteiger partial charge in [-0.15, -0.1) is 14.1 Å². The van der Waals surface area contributed by atoms with Crippen LogP contribution in [0.5, 0.6) is 0 Å². The summed E-state index contributed by atoms with van der Waals surface area (Å²) in [7, 11) is -1.40. The van der Waals surface area contributed by atoms with Crippen molar-refractivity contribution >= 4 is 8.07 Å². The number of aliphatic hydroxyl groups excluding tert-OH is 4. The molecule has 0 radical (unpaired) electrons. The van der Waals surface area contributed by atoms with Crippen molar-refractivity contribution in [1.82, 2.24) is 0 Å². The first kappa shape index (κ1) is 33.0. The molecule has 1 fully saturated rings. The number of ether oxygens (including phenoxy) is 2. The van der Waals surface area contributed by atoms with Crippen LogP contribution in [0.2, 0.25) is 25.2 Å². The zero-order chi connectivity index (χ0) is 25.9. The highest BCUT2D eigenvalue weighted by molar-refractivity contribution is 6.77. The standard InChI is InChI=1S/C28H58O6Si/c1-4-5-6-7-8-9-10-11-12-13-14-15-16-17-18-19-21-35(2,3)22-20-33-28-27(32)26(31)25(30)24(23-29)34-28/h24-32H,4-23H2,1-3H3/q-1. The van der Waals surface area contributed by atoms with E-state index in [4.69, 9.17) is 9.47 Å². The molecule has 1 rings (SSSR count). The van der Waals surface area contributed by atoms with Gasteiger partial charge >= 0.3 is 0 Å². The summed E-state index contributed by atoms with van der Waals surface area (Å²) in [6.07, 6.45) is 16.3. The fourth-order valence-electron chi connectivity index (χ4n) is 4.93. The predicted octanol–water partition coefficient (Wildman–Crippen LogP) is 5.77. The molecule has 1 heterocycles. The maximum Gasteiger partial charge on any atom is 0.186 e. The molecule has 35 heavy (non-hydrogen) atoms. The molecule has 0 bridgehead atoms. The molecule has 4 N–H and O–H groups in total. The highest BCUT2D eigenvalue weighted by Crippen LogP contribution is 2.24. The Labute approximate surface area is 216 Å². The Morgan fingerprint density at radius 3 is 1.54 bits per heavy atom. The normalized spacial score (nSPS) is 25.3. The molecule has 6 nitrogen and oxygen atoms in total. The number of aliphatic hydroxyl groups is 4. The molecule has 5 atom stereocenters. The second-order valence-electron chi connectivity index (χ2n) is 11.5. The van der Waals surface area contributed by atoms with Gasteiger partial charge in [-0.1, -0.05) is 110 Å². The van der Waals surface area contributed by atoms with E-state index in [1.54, 1.807) is 0 Å². The Kier molecular flexibility index (Phi) is 18.9. The van der Waals surface area contributed by atoms with Gasteiger partial charge in [0, 0.05) is 6.61 Å². The number of hydrogen-bond donors (Lipinski definition) is 4. The first-order chi connectivity index (χ1) is 16.8. The second-order valence-corrected chi connectivity index (χ2v) is 16.9. The van der Waals surface area contributed by atoms with Crippen LogP contribution in [0.3, 0.4) is 0 Å². The van der Waals surface area contributed by atoms with Crippen molar-refractivity contribution in [1.29, 1.82) is 0 Å². The van der Waals surface area contributed by atoms with Crippen LogP contribution in [0.4, 0.5) is 0 Å². The molecule has 0 aromatic carbocycles. The van der Waals surface area contributed by atoms with Crippen molar-refractivity contribution in [2.75, 3.05) is 13.2 Å². The zero-order valence-corrected chi connectivity index (χ0v) is 24.1. The van der Waals surface area contributed by atoms with Crippen molar-refractivity contribution in [2.45, 2.75) is 166 Å². The van der Waals surface area contributed by atoms with Crippen LogP contribution >= 0.6 is 0 Å². The maximum atomic E-state index is 10.1. The minimum Gasteiger partial charge on any atom is -0.394 e. The zero-order valence-electron chi connectivity index (χ0n) is 23.1. The second kappa shape index (κ2) is 20.0. The summed E-state index contributed by atoms with van der Waals surface area (Å²) in [5.41, 5.74) is 0. The van der Waals surface area contributed by atoms with Gasteiger partial charge in [-0.2, -0.15) is 19.1 Å². The molecule has 0 spiro atoms. The lowest BCUT2D eigenvalue weighted by atomic mass is 9.99. The quantitative estimate of drug-likeness (QED) is 0.107. The summed E-state index contributed by atoms with van der Waals surface area (Å²) >= 11 is 0. The van der Waals surface area contributed by atoms with Crippen molar-refractivity contribution in [3.05, 3.63) is 0 Å². The molecule has 5 unspecified atom stereocenters. The van der Waals surface area contributed by atoms with Crippen LogP contribution in [0, 0.1) is 0 Å². The van der Waals surface area contributed by atoms with Crippen molar-refractivity contribution < 1.29 is 29.9 Å². The van der Waals surface area contributed by atoms with Crippen LogP contribution in [0.1, 0.15) is 110 Å². The van der Waals surface area contributed by atoms with Gasteiger partial charge in [-0.3, -0.25) is 0 Å². The van der Waals surface area contributed by atoms with Crippen molar-refractivity contribution in [3.8, 4) is 0 Å². The average molecular weight is 519 g/mol. The third-order valence-corrected chi connectivity index (χ3v) is 10.9. The Balaban J connectivity index is 1.96. The van der Waals surface area contributed by atoms with Crippen LogP contribution in [-0.2, 0) is 9.47 Å². The molecular weight excluding hydrogens is 460 g/mol. The Morgan fingerprint density at radius 2 is 1.09 bits per heavy atom. The topological polar surface area (TPSA) is 99.4 Å². The SMILES string of the molecule is CCCCCCCCCCCCCCCCCC[Si-](C)(C)CCOC1OC(CO)C(O)C(O)C1O. The Hall–Kier alpha value is -0.0231. The molecule has 1 saturated heterocycles. The molecule has 0 amide bonds. The largest absolute Gasteiger partial charge is 0.394 e. The van der Waals surface area contributed by atoms with Gasteiger partial charge < -0.3 is 29.9 Å². The van der Waals surface area contributed by atoms with Gasteiger partial charge in [0.2, 0.25) is 0 Å². The summed E-state index contributed by atoms with van der Waals surface area (Å²) < 4.78 is 11.1. The smallest absolute Gasteiger partial charge is 0.186 e. The van der Waals surface area contributed by atoms with Crippen LogP contribution in [0.15, 0.2) is 0 Å². The third-order valence-electron chi connectivity index (χ3n) is 7.62. The molecular formula is C28H58O6Si-. The Morgan fingerprint density at radius 1 is 0.629 bits per heavy atom. The van der Waals surface area contributed by atoms with Gasteiger partial charge in [0.1, 0.15) is 24.4 Å². The summed E-state index contributed by atoms with van der Waals surface area (Å²) in [6, 6.07) is 2.23. The molecule has 7 heteroatoms. The van der Waals surface area contributed by atoms with Crippen LogP contribution < -0.4 is 0 Å². The average Bonchev–Trinajstić information content (AvgIpc) is 2.83. The number of rotatable bonds is 22. The van der Waals surface area contributed by atoms with E-state index in [2.05, 4.69) is 20.0 Å². The van der Waals surface area contributed by atoms with Gasteiger partial charge in [0.25, 0.3) is 0 Å². The summed E-state index contributed by atoms with van der Waals surface area (Å²) in [4.78, 5) is 0. The summed E-state index contributed by atoms with van der Waals surface area (Å²) in [5, 5.41) is 39.1. The monoisotopic (exact) mass is 518 g/mol. The van der Waals surface area contributed by atoms with Crippen LogP contribution in [0.25, 0.3) is 0 Å². The lowest BCUT2D eigenvalue weighted by molar-refractivity contribution is -0.300. The third kappa shape index (κ3) is 15.1. The molecule has 0 saturated carbocycles. The van der Waals surface area contributed by atoms with Crippen LogP contribution in [-0.4, -0.2) is 72.4 Å².